The molecule has 0 spiro atoms. The van der Waals surface area contributed by atoms with Crippen LogP contribution in [0.2, 0.25) is 0 Å². The van der Waals surface area contributed by atoms with Crippen LogP contribution >= 0.6 is 11.3 Å². The molecule has 2 unspecified atom stereocenters. The molecule has 94 valence electrons. The van der Waals surface area contributed by atoms with Gasteiger partial charge in [0.1, 0.15) is 5.54 Å². The van der Waals surface area contributed by atoms with Gasteiger partial charge in [0.25, 0.3) is 0 Å². The summed E-state index contributed by atoms with van der Waals surface area (Å²) in [5.41, 5.74) is -0.696. The number of carbonyl (C=O) groups excluding carboxylic acids is 1. The molecule has 0 amide bonds. The van der Waals surface area contributed by atoms with Gasteiger partial charge in [-0.05, 0) is 18.4 Å². The quantitative estimate of drug-likeness (QED) is 0.829. The average Bonchev–Trinajstić information content (AvgIpc) is 2.96. The van der Waals surface area contributed by atoms with Crippen molar-refractivity contribution in [3.63, 3.8) is 0 Å². The molecule has 2 atom stereocenters. The summed E-state index contributed by atoms with van der Waals surface area (Å²) in [5, 5.41) is 5.33. The van der Waals surface area contributed by atoms with E-state index < -0.39 is 5.54 Å². The Kier molecular flexibility index (Phi) is 3.81. The number of hydrogen-bond acceptors (Lipinski definition) is 5. The van der Waals surface area contributed by atoms with Crippen LogP contribution in [0.25, 0.3) is 0 Å². The first-order valence-corrected chi connectivity index (χ1v) is 6.54. The second-order valence-electron chi connectivity index (χ2n) is 4.16. The standard InChI is InChI=1S/C12H17NO3S/c1-9-12(5-6-16-9,11(14)15-2)13-8-10-4-3-7-17-10/h3-4,7,9,13H,5-6,8H2,1-2H3. The molecule has 0 saturated carbocycles. The molecule has 1 fully saturated rings. The molecule has 1 aromatic rings. The normalized spacial score (nSPS) is 28.2. The first-order valence-electron chi connectivity index (χ1n) is 5.66. The Balaban J connectivity index is 2.09. The minimum absolute atomic E-state index is 0.157. The Bertz CT molecular complexity index is 379. The van der Waals surface area contributed by atoms with Gasteiger partial charge in [0.15, 0.2) is 0 Å². The predicted octanol–water partition coefficient (Wildman–Crippen LogP) is 1.56. The third kappa shape index (κ3) is 2.36. The molecule has 2 heterocycles. The van der Waals surface area contributed by atoms with E-state index in [2.05, 4.69) is 5.32 Å². The Morgan fingerprint density at radius 1 is 1.76 bits per heavy atom. The van der Waals surface area contributed by atoms with Crippen molar-refractivity contribution in [3.05, 3.63) is 22.4 Å². The van der Waals surface area contributed by atoms with E-state index in [1.54, 1.807) is 11.3 Å². The van der Waals surface area contributed by atoms with E-state index in [0.717, 1.165) is 0 Å². The van der Waals surface area contributed by atoms with Gasteiger partial charge >= 0.3 is 5.97 Å². The number of esters is 1. The van der Waals surface area contributed by atoms with Gasteiger partial charge in [-0.3, -0.25) is 5.32 Å². The fourth-order valence-electron chi connectivity index (χ4n) is 2.15. The van der Waals surface area contributed by atoms with Gasteiger partial charge in [-0.1, -0.05) is 6.07 Å². The van der Waals surface area contributed by atoms with Gasteiger partial charge in [0.05, 0.1) is 13.2 Å². The average molecular weight is 255 g/mol. The van der Waals surface area contributed by atoms with E-state index in [1.165, 1.54) is 12.0 Å². The molecule has 1 aromatic heterocycles. The van der Waals surface area contributed by atoms with Crippen LogP contribution < -0.4 is 5.32 Å². The highest BCUT2D eigenvalue weighted by molar-refractivity contribution is 7.09. The van der Waals surface area contributed by atoms with Crippen molar-refractivity contribution >= 4 is 17.3 Å². The summed E-state index contributed by atoms with van der Waals surface area (Å²) >= 11 is 1.67. The van der Waals surface area contributed by atoms with Crippen molar-refractivity contribution in [3.8, 4) is 0 Å². The van der Waals surface area contributed by atoms with E-state index in [0.29, 0.717) is 19.6 Å². The van der Waals surface area contributed by atoms with Crippen LogP contribution in [0.3, 0.4) is 0 Å². The first kappa shape index (κ1) is 12.5. The van der Waals surface area contributed by atoms with E-state index in [1.807, 2.05) is 24.4 Å². The molecule has 17 heavy (non-hydrogen) atoms. The molecule has 0 bridgehead atoms. The molecule has 1 saturated heterocycles. The molecule has 0 radical (unpaired) electrons. The van der Waals surface area contributed by atoms with Crippen LogP contribution in [-0.4, -0.2) is 31.3 Å². The molecular weight excluding hydrogens is 238 g/mol. The number of methoxy groups -OCH3 is 1. The minimum Gasteiger partial charge on any atom is -0.468 e. The van der Waals surface area contributed by atoms with Crippen molar-refractivity contribution in [1.29, 1.82) is 0 Å². The topological polar surface area (TPSA) is 47.6 Å². The third-order valence-electron chi connectivity index (χ3n) is 3.27. The maximum absolute atomic E-state index is 11.9. The van der Waals surface area contributed by atoms with Gasteiger partial charge < -0.3 is 9.47 Å². The third-order valence-corrected chi connectivity index (χ3v) is 4.14. The van der Waals surface area contributed by atoms with Crippen molar-refractivity contribution in [2.24, 2.45) is 0 Å². The van der Waals surface area contributed by atoms with E-state index in [9.17, 15) is 4.79 Å². The van der Waals surface area contributed by atoms with Crippen molar-refractivity contribution in [2.75, 3.05) is 13.7 Å². The van der Waals surface area contributed by atoms with E-state index >= 15 is 0 Å². The van der Waals surface area contributed by atoms with Crippen LogP contribution in [-0.2, 0) is 20.8 Å². The van der Waals surface area contributed by atoms with Crippen LogP contribution in [0.4, 0.5) is 0 Å². The number of nitrogens with one attached hydrogen (secondary N) is 1. The largest absolute Gasteiger partial charge is 0.468 e. The second kappa shape index (κ2) is 5.16. The Hall–Kier alpha value is -0.910. The van der Waals surface area contributed by atoms with Crippen LogP contribution in [0.5, 0.6) is 0 Å². The highest BCUT2D eigenvalue weighted by Gasteiger charge is 2.48. The summed E-state index contributed by atoms with van der Waals surface area (Å²) in [7, 11) is 1.42. The van der Waals surface area contributed by atoms with Crippen LogP contribution in [0.1, 0.15) is 18.2 Å². The fraction of sp³-hybridized carbons (Fsp3) is 0.583. The van der Waals surface area contributed by atoms with Gasteiger partial charge in [-0.15, -0.1) is 11.3 Å². The lowest BCUT2D eigenvalue weighted by Crippen LogP contribution is -2.56. The van der Waals surface area contributed by atoms with Crippen molar-refractivity contribution in [2.45, 2.75) is 31.5 Å². The summed E-state index contributed by atoms with van der Waals surface area (Å²) in [6, 6.07) is 4.05. The Morgan fingerprint density at radius 3 is 3.12 bits per heavy atom. The second-order valence-corrected chi connectivity index (χ2v) is 5.19. The smallest absolute Gasteiger partial charge is 0.328 e. The zero-order valence-electron chi connectivity index (χ0n) is 10.1. The fourth-order valence-corrected chi connectivity index (χ4v) is 2.80. The monoisotopic (exact) mass is 255 g/mol. The highest BCUT2D eigenvalue weighted by Crippen LogP contribution is 2.28. The highest BCUT2D eigenvalue weighted by atomic mass is 32.1. The summed E-state index contributed by atoms with van der Waals surface area (Å²) in [4.78, 5) is 13.1. The van der Waals surface area contributed by atoms with E-state index in [-0.39, 0.29) is 12.1 Å². The predicted molar refractivity (Wildman–Crippen MR) is 65.9 cm³/mol. The van der Waals surface area contributed by atoms with Crippen molar-refractivity contribution < 1.29 is 14.3 Å². The first-order chi connectivity index (χ1) is 8.19. The van der Waals surface area contributed by atoms with Gasteiger partial charge in [-0.25, -0.2) is 4.79 Å². The molecule has 1 aliphatic rings. The maximum atomic E-state index is 11.9. The molecule has 2 rings (SSSR count). The maximum Gasteiger partial charge on any atom is 0.328 e. The van der Waals surface area contributed by atoms with Gasteiger partial charge in [0, 0.05) is 24.4 Å². The summed E-state index contributed by atoms with van der Waals surface area (Å²) < 4.78 is 10.4. The minimum atomic E-state index is -0.696. The SMILES string of the molecule is COC(=O)C1(NCc2cccs2)CCOC1C. The number of carbonyl (C=O) groups is 1. The molecule has 4 nitrogen and oxygen atoms in total. The van der Waals surface area contributed by atoms with Crippen molar-refractivity contribution in [1.82, 2.24) is 5.32 Å². The van der Waals surface area contributed by atoms with Gasteiger partial charge in [0.2, 0.25) is 0 Å². The molecule has 0 aromatic carbocycles. The Labute approximate surface area is 105 Å². The number of ether oxygens (including phenoxy) is 2. The number of thiophene rings is 1. The lowest BCUT2D eigenvalue weighted by atomic mass is 9.92. The zero-order chi connectivity index (χ0) is 12.3. The lowest BCUT2D eigenvalue weighted by molar-refractivity contribution is -0.150. The molecular formula is C12H17NO3S. The molecule has 0 aliphatic carbocycles. The van der Waals surface area contributed by atoms with E-state index in [4.69, 9.17) is 9.47 Å². The molecule has 1 aliphatic heterocycles. The lowest BCUT2D eigenvalue weighted by Gasteiger charge is -2.30. The summed E-state index contributed by atoms with van der Waals surface area (Å²) in [5.74, 6) is -0.237. The summed E-state index contributed by atoms with van der Waals surface area (Å²) in [6.07, 6.45) is 0.501. The van der Waals surface area contributed by atoms with Crippen LogP contribution in [0, 0.1) is 0 Å². The van der Waals surface area contributed by atoms with Crippen LogP contribution in [0.15, 0.2) is 17.5 Å². The zero-order valence-corrected chi connectivity index (χ0v) is 10.9. The number of hydrogen-bond donors (Lipinski definition) is 1. The summed E-state index contributed by atoms with van der Waals surface area (Å²) in [6.45, 7) is 3.17. The molecule has 1 N–H and O–H groups in total. The number of rotatable bonds is 4. The molecule has 5 heteroatoms. The Morgan fingerprint density at radius 2 is 2.59 bits per heavy atom. The van der Waals surface area contributed by atoms with Gasteiger partial charge in [-0.2, -0.15) is 0 Å².